The summed E-state index contributed by atoms with van der Waals surface area (Å²) in [6.45, 7) is 10.3. The zero-order valence-corrected chi connectivity index (χ0v) is 15.0. The quantitative estimate of drug-likeness (QED) is 0.777. The molecule has 0 radical (unpaired) electrons. The van der Waals surface area contributed by atoms with Gasteiger partial charge in [-0.2, -0.15) is 0 Å². The number of ether oxygens (including phenoxy) is 2. The minimum Gasteiger partial charge on any atom is -0.444 e. The maximum absolute atomic E-state index is 11.8. The summed E-state index contributed by atoms with van der Waals surface area (Å²) in [4.78, 5) is 23.6. The zero-order valence-electron chi connectivity index (χ0n) is 15.0. The summed E-state index contributed by atoms with van der Waals surface area (Å²) in [6, 6.07) is 4.72. The van der Waals surface area contributed by atoms with Crippen molar-refractivity contribution in [1.29, 1.82) is 0 Å². The molecule has 0 aliphatic heterocycles. The van der Waals surface area contributed by atoms with E-state index < -0.39 is 23.4 Å². The van der Waals surface area contributed by atoms with Gasteiger partial charge in [-0.1, -0.05) is 0 Å². The molecule has 7 heteroatoms. The van der Waals surface area contributed by atoms with Gasteiger partial charge in [0, 0.05) is 16.9 Å². The second-order valence-electron chi connectivity index (χ2n) is 7.28. The number of amides is 2. The van der Waals surface area contributed by atoms with Crippen molar-refractivity contribution in [3.63, 3.8) is 0 Å². The second kappa shape index (κ2) is 7.53. The maximum atomic E-state index is 11.8. The van der Waals surface area contributed by atoms with Gasteiger partial charge in [-0.15, -0.1) is 0 Å². The molecule has 0 bridgehead atoms. The Hall–Kier alpha value is -2.28. The zero-order chi connectivity index (χ0) is 18.5. The molecule has 0 unspecified atom stereocenters. The first-order valence-corrected chi connectivity index (χ1v) is 7.63. The van der Waals surface area contributed by atoms with Crippen LogP contribution in [0.15, 0.2) is 18.2 Å². The average Bonchev–Trinajstić information content (AvgIpc) is 2.35. The summed E-state index contributed by atoms with van der Waals surface area (Å²) in [5.41, 5.74) is 0.0583. The first-order chi connectivity index (χ1) is 10.9. The number of hydrogen-bond acceptors (Lipinski definition) is 5. The molecule has 3 N–H and O–H groups in total. The van der Waals surface area contributed by atoms with Gasteiger partial charge in [-0.3, -0.25) is 10.6 Å². The first-order valence-electron chi connectivity index (χ1n) is 7.63. The van der Waals surface area contributed by atoms with Crippen LogP contribution in [0.3, 0.4) is 0 Å². The Kier molecular flexibility index (Phi) is 6.20. The Morgan fingerprint density at radius 1 is 0.958 bits per heavy atom. The number of hydrogen-bond donors (Lipinski definition) is 3. The summed E-state index contributed by atoms with van der Waals surface area (Å²) in [7, 11) is 0. The molecular weight excluding hydrogens is 312 g/mol. The van der Waals surface area contributed by atoms with E-state index in [0.29, 0.717) is 16.9 Å². The first kappa shape index (κ1) is 19.8. The maximum Gasteiger partial charge on any atom is 0.412 e. The van der Waals surface area contributed by atoms with E-state index in [1.165, 1.54) is 0 Å². The van der Waals surface area contributed by atoms with Gasteiger partial charge in [0.1, 0.15) is 11.2 Å². The molecular formula is C17H26N2O5. The fraction of sp³-hybridized carbons (Fsp3) is 0.529. The minimum atomic E-state index is -0.623. The van der Waals surface area contributed by atoms with E-state index in [-0.39, 0.29) is 6.61 Å². The Labute approximate surface area is 142 Å². The van der Waals surface area contributed by atoms with Crippen LogP contribution in [0.1, 0.15) is 47.1 Å². The van der Waals surface area contributed by atoms with Crippen LogP contribution >= 0.6 is 0 Å². The predicted molar refractivity (Wildman–Crippen MR) is 92.1 cm³/mol. The third kappa shape index (κ3) is 7.32. The van der Waals surface area contributed by atoms with Gasteiger partial charge in [0.15, 0.2) is 0 Å². The summed E-state index contributed by atoms with van der Waals surface area (Å²) in [5.74, 6) is 0. The van der Waals surface area contributed by atoms with Crippen LogP contribution in [-0.2, 0) is 16.1 Å². The van der Waals surface area contributed by atoms with Crippen molar-refractivity contribution in [2.45, 2.75) is 59.4 Å². The van der Waals surface area contributed by atoms with Crippen molar-refractivity contribution in [3.05, 3.63) is 23.8 Å². The molecule has 0 saturated heterocycles. The molecule has 0 spiro atoms. The number of benzene rings is 1. The Morgan fingerprint density at radius 2 is 1.46 bits per heavy atom. The number of anilines is 2. The highest BCUT2D eigenvalue weighted by Gasteiger charge is 2.18. The molecule has 1 aromatic carbocycles. The lowest BCUT2D eigenvalue weighted by Crippen LogP contribution is -2.28. The van der Waals surface area contributed by atoms with Crippen LogP contribution in [-0.4, -0.2) is 28.5 Å². The molecule has 0 fully saturated rings. The van der Waals surface area contributed by atoms with E-state index in [9.17, 15) is 14.7 Å². The predicted octanol–water partition coefficient (Wildman–Crippen LogP) is 3.87. The third-order valence-electron chi connectivity index (χ3n) is 2.56. The number of nitrogens with one attached hydrogen (secondary N) is 2. The largest absolute Gasteiger partial charge is 0.444 e. The molecule has 1 rings (SSSR count). The van der Waals surface area contributed by atoms with Crippen molar-refractivity contribution in [2.24, 2.45) is 0 Å². The Bertz CT molecular complexity index is 600. The van der Waals surface area contributed by atoms with Crippen molar-refractivity contribution in [2.75, 3.05) is 10.6 Å². The molecule has 0 saturated carbocycles. The van der Waals surface area contributed by atoms with Gasteiger partial charge < -0.3 is 14.6 Å². The van der Waals surface area contributed by atoms with E-state index in [1.54, 1.807) is 59.7 Å². The highest BCUT2D eigenvalue weighted by Crippen LogP contribution is 2.22. The monoisotopic (exact) mass is 338 g/mol. The smallest absolute Gasteiger partial charge is 0.412 e. The molecule has 0 aromatic heterocycles. The van der Waals surface area contributed by atoms with E-state index in [1.807, 2.05) is 0 Å². The fourth-order valence-corrected chi connectivity index (χ4v) is 1.76. The van der Waals surface area contributed by atoms with Crippen molar-refractivity contribution in [3.8, 4) is 0 Å². The van der Waals surface area contributed by atoms with Crippen molar-refractivity contribution in [1.82, 2.24) is 0 Å². The van der Waals surface area contributed by atoms with E-state index in [4.69, 9.17) is 9.47 Å². The minimum absolute atomic E-state index is 0.311. The molecule has 24 heavy (non-hydrogen) atoms. The number of carbonyl (C=O) groups is 2. The standard InChI is InChI=1S/C17H26N2O5/c1-16(2,3)23-14(21)18-12-7-8-13(11(9-12)10-20)19-15(22)24-17(4,5)6/h7-9,20H,10H2,1-6H3,(H,18,21)(H,19,22). The summed E-state index contributed by atoms with van der Waals surface area (Å²) in [6.07, 6.45) is -1.22. The lowest BCUT2D eigenvalue weighted by molar-refractivity contribution is 0.0623. The van der Waals surface area contributed by atoms with Crippen LogP contribution in [0, 0.1) is 0 Å². The van der Waals surface area contributed by atoms with Crippen molar-refractivity contribution < 1.29 is 24.2 Å². The lowest BCUT2D eigenvalue weighted by Gasteiger charge is -2.21. The van der Waals surface area contributed by atoms with Crippen LogP contribution in [0.5, 0.6) is 0 Å². The van der Waals surface area contributed by atoms with Gasteiger partial charge in [-0.25, -0.2) is 9.59 Å². The van der Waals surface area contributed by atoms with Crippen LogP contribution in [0.25, 0.3) is 0 Å². The fourth-order valence-electron chi connectivity index (χ4n) is 1.76. The SMILES string of the molecule is CC(C)(C)OC(=O)Nc1ccc(NC(=O)OC(C)(C)C)c(CO)c1. The average molecular weight is 338 g/mol. The van der Waals surface area contributed by atoms with E-state index in [2.05, 4.69) is 10.6 Å². The molecule has 2 amide bonds. The number of aliphatic hydroxyl groups excluding tert-OH is 1. The van der Waals surface area contributed by atoms with Gasteiger partial charge >= 0.3 is 12.2 Å². The number of rotatable bonds is 3. The van der Waals surface area contributed by atoms with E-state index in [0.717, 1.165) is 0 Å². The molecule has 0 heterocycles. The van der Waals surface area contributed by atoms with E-state index >= 15 is 0 Å². The van der Waals surface area contributed by atoms with Crippen LogP contribution in [0.2, 0.25) is 0 Å². The Morgan fingerprint density at radius 3 is 1.92 bits per heavy atom. The molecule has 0 aliphatic rings. The molecule has 1 aromatic rings. The topological polar surface area (TPSA) is 96.9 Å². The summed E-state index contributed by atoms with van der Waals surface area (Å²) in [5, 5.41) is 14.6. The third-order valence-corrected chi connectivity index (χ3v) is 2.56. The van der Waals surface area contributed by atoms with Crippen molar-refractivity contribution >= 4 is 23.6 Å². The summed E-state index contributed by atoms with van der Waals surface area (Å²) < 4.78 is 10.3. The normalized spacial score (nSPS) is 11.6. The van der Waals surface area contributed by atoms with Gasteiger partial charge in [0.25, 0.3) is 0 Å². The molecule has 0 atom stereocenters. The van der Waals surface area contributed by atoms with Crippen LogP contribution < -0.4 is 10.6 Å². The Balaban J connectivity index is 2.82. The lowest BCUT2D eigenvalue weighted by atomic mass is 10.1. The molecule has 7 nitrogen and oxygen atoms in total. The number of carbonyl (C=O) groups excluding carboxylic acids is 2. The highest BCUT2D eigenvalue weighted by molar-refractivity contribution is 5.88. The highest BCUT2D eigenvalue weighted by atomic mass is 16.6. The molecule has 0 aliphatic carbocycles. The second-order valence-corrected chi connectivity index (χ2v) is 7.28. The van der Waals surface area contributed by atoms with Gasteiger partial charge in [0.2, 0.25) is 0 Å². The number of aliphatic hydroxyl groups is 1. The summed E-state index contributed by atoms with van der Waals surface area (Å²) >= 11 is 0. The van der Waals surface area contributed by atoms with Crippen LogP contribution in [0.4, 0.5) is 21.0 Å². The molecule has 134 valence electrons. The van der Waals surface area contributed by atoms with Gasteiger partial charge in [-0.05, 0) is 59.7 Å². The van der Waals surface area contributed by atoms with Gasteiger partial charge in [0.05, 0.1) is 6.61 Å².